The van der Waals surface area contributed by atoms with E-state index in [1.165, 1.54) is 0 Å². The maximum absolute atomic E-state index is 12.4. The average Bonchev–Trinajstić information content (AvgIpc) is 2.25. The summed E-state index contributed by atoms with van der Waals surface area (Å²) in [7, 11) is 0. The van der Waals surface area contributed by atoms with Crippen LogP contribution in [0, 0.1) is 0 Å². The molecule has 0 saturated carbocycles. The summed E-state index contributed by atoms with van der Waals surface area (Å²) in [6.07, 6.45) is 0.143. The topological polar surface area (TPSA) is 67.9 Å². The number of ether oxygens (including phenoxy) is 2. The van der Waals surface area contributed by atoms with Gasteiger partial charge in [0.1, 0.15) is 11.2 Å². The van der Waals surface area contributed by atoms with Crippen LogP contribution in [0.1, 0.15) is 54.4 Å². The van der Waals surface area contributed by atoms with Gasteiger partial charge in [0.25, 0.3) is 0 Å². The number of nitrogens with zero attached hydrogens (tertiary/aromatic N) is 1. The predicted molar refractivity (Wildman–Crippen MR) is 80.2 cm³/mol. The lowest BCUT2D eigenvalue weighted by atomic mass is 10.1. The van der Waals surface area contributed by atoms with Gasteiger partial charge in [0, 0.05) is 6.04 Å². The molecule has 0 aromatic carbocycles. The molecular weight excluding hydrogens is 272 g/mol. The van der Waals surface area contributed by atoms with Gasteiger partial charge >= 0.3 is 12.2 Å². The second kappa shape index (κ2) is 6.64. The minimum Gasteiger partial charge on any atom is -0.443 e. The third kappa shape index (κ3) is 6.33. The summed E-state index contributed by atoms with van der Waals surface area (Å²) < 4.78 is 10.7. The Bertz CT molecular complexity index is 348. The van der Waals surface area contributed by atoms with E-state index < -0.39 is 23.4 Å². The molecule has 1 N–H and O–H groups in total. The molecule has 0 spiro atoms. The molecule has 6 nitrogen and oxygen atoms in total. The van der Waals surface area contributed by atoms with Gasteiger partial charge < -0.3 is 14.8 Å². The van der Waals surface area contributed by atoms with Gasteiger partial charge in [-0.3, -0.25) is 0 Å². The number of nitrogens with one attached hydrogen (secondary N) is 1. The molecule has 0 radical (unpaired) electrons. The molecule has 0 aliphatic carbocycles. The SMILES string of the molecule is CC(C)(C)OC(=O)N(C(=O)OC(C)(C)C)C1CCNCC1. The predicted octanol–water partition coefficient (Wildman–Crippen LogP) is 2.91. The van der Waals surface area contributed by atoms with E-state index in [-0.39, 0.29) is 6.04 Å². The summed E-state index contributed by atoms with van der Waals surface area (Å²) in [6.45, 7) is 12.2. The Balaban J connectivity index is 2.88. The van der Waals surface area contributed by atoms with E-state index >= 15 is 0 Å². The van der Waals surface area contributed by atoms with Gasteiger partial charge in [-0.2, -0.15) is 0 Å². The lowest BCUT2D eigenvalue weighted by molar-refractivity contribution is -0.00989. The van der Waals surface area contributed by atoms with E-state index in [0.717, 1.165) is 18.0 Å². The number of amides is 2. The highest BCUT2D eigenvalue weighted by atomic mass is 16.6. The van der Waals surface area contributed by atoms with E-state index in [2.05, 4.69) is 5.32 Å². The van der Waals surface area contributed by atoms with Crippen LogP contribution >= 0.6 is 0 Å². The summed E-state index contributed by atoms with van der Waals surface area (Å²) in [5.41, 5.74) is -1.30. The highest BCUT2D eigenvalue weighted by Gasteiger charge is 2.36. The number of rotatable bonds is 1. The first-order valence-corrected chi connectivity index (χ1v) is 7.45. The Morgan fingerprint density at radius 2 is 1.29 bits per heavy atom. The van der Waals surface area contributed by atoms with Gasteiger partial charge in [0.2, 0.25) is 0 Å². The first-order valence-electron chi connectivity index (χ1n) is 7.45. The van der Waals surface area contributed by atoms with Crippen molar-refractivity contribution in [1.29, 1.82) is 0 Å². The van der Waals surface area contributed by atoms with E-state index in [0.29, 0.717) is 12.8 Å². The Morgan fingerprint density at radius 3 is 1.62 bits per heavy atom. The van der Waals surface area contributed by atoms with Gasteiger partial charge in [-0.05, 0) is 67.5 Å². The van der Waals surface area contributed by atoms with Crippen molar-refractivity contribution in [2.75, 3.05) is 13.1 Å². The molecule has 122 valence electrons. The zero-order valence-corrected chi connectivity index (χ0v) is 14.0. The molecule has 0 atom stereocenters. The fourth-order valence-corrected chi connectivity index (χ4v) is 2.06. The summed E-state index contributed by atoms with van der Waals surface area (Å²) in [5, 5.41) is 3.21. The minimum atomic E-state index is -0.649. The van der Waals surface area contributed by atoms with Crippen LogP contribution in [0.3, 0.4) is 0 Å². The van der Waals surface area contributed by atoms with E-state index in [1.54, 1.807) is 41.5 Å². The van der Waals surface area contributed by atoms with Gasteiger partial charge in [-0.1, -0.05) is 0 Å². The second-order valence-corrected chi connectivity index (χ2v) is 7.31. The second-order valence-electron chi connectivity index (χ2n) is 7.31. The van der Waals surface area contributed by atoms with Crippen LogP contribution in [-0.2, 0) is 9.47 Å². The zero-order chi connectivity index (χ0) is 16.3. The van der Waals surface area contributed by atoms with Crippen molar-refractivity contribution in [3.05, 3.63) is 0 Å². The van der Waals surface area contributed by atoms with Crippen LogP contribution in [0.4, 0.5) is 9.59 Å². The molecule has 1 heterocycles. The normalized spacial score (nSPS) is 17.2. The van der Waals surface area contributed by atoms with Crippen LogP contribution < -0.4 is 5.32 Å². The number of carbonyl (C=O) groups excluding carboxylic acids is 2. The molecule has 6 heteroatoms. The minimum absolute atomic E-state index is 0.184. The van der Waals surface area contributed by atoms with Crippen molar-refractivity contribution in [3.63, 3.8) is 0 Å². The fourth-order valence-electron chi connectivity index (χ4n) is 2.06. The zero-order valence-electron chi connectivity index (χ0n) is 14.0. The lowest BCUT2D eigenvalue weighted by Crippen LogP contribution is -2.52. The Kier molecular flexibility index (Phi) is 5.61. The maximum Gasteiger partial charge on any atom is 0.420 e. The average molecular weight is 300 g/mol. The number of piperidine rings is 1. The lowest BCUT2D eigenvalue weighted by Gasteiger charge is -2.35. The van der Waals surface area contributed by atoms with Crippen LogP contribution in [0.2, 0.25) is 0 Å². The van der Waals surface area contributed by atoms with Crippen LogP contribution in [0.25, 0.3) is 0 Å². The quantitative estimate of drug-likeness (QED) is 0.806. The Labute approximate surface area is 127 Å². The standard InChI is InChI=1S/C15H28N2O4/c1-14(2,3)20-12(18)17(11-7-9-16-10-8-11)13(19)21-15(4,5)6/h11,16H,7-10H2,1-6H3. The third-order valence-corrected chi connectivity index (χ3v) is 2.85. The van der Waals surface area contributed by atoms with E-state index in [1.807, 2.05) is 0 Å². The van der Waals surface area contributed by atoms with Crippen molar-refractivity contribution < 1.29 is 19.1 Å². The number of imide groups is 1. The molecule has 0 unspecified atom stereocenters. The van der Waals surface area contributed by atoms with Crippen LogP contribution in [0.15, 0.2) is 0 Å². The largest absolute Gasteiger partial charge is 0.443 e. The Hall–Kier alpha value is -1.30. The van der Waals surface area contributed by atoms with Crippen molar-refractivity contribution >= 4 is 12.2 Å². The van der Waals surface area contributed by atoms with Gasteiger partial charge in [0.15, 0.2) is 0 Å². The van der Waals surface area contributed by atoms with Crippen LogP contribution in [0.5, 0.6) is 0 Å². The molecular formula is C15H28N2O4. The molecule has 1 fully saturated rings. The smallest absolute Gasteiger partial charge is 0.420 e. The summed E-state index contributed by atoms with van der Waals surface area (Å²) in [4.78, 5) is 25.9. The number of carbonyl (C=O) groups is 2. The number of hydrogen-bond donors (Lipinski definition) is 1. The highest BCUT2D eigenvalue weighted by Crippen LogP contribution is 2.20. The molecule has 1 aliphatic heterocycles. The van der Waals surface area contributed by atoms with Crippen molar-refractivity contribution in [1.82, 2.24) is 10.2 Å². The molecule has 1 rings (SSSR count). The molecule has 0 bridgehead atoms. The van der Waals surface area contributed by atoms with Gasteiger partial charge in [-0.15, -0.1) is 0 Å². The molecule has 0 aromatic heterocycles. The van der Waals surface area contributed by atoms with Gasteiger partial charge in [0.05, 0.1) is 0 Å². The third-order valence-electron chi connectivity index (χ3n) is 2.85. The molecule has 1 saturated heterocycles. The Morgan fingerprint density at radius 1 is 0.905 bits per heavy atom. The fraction of sp³-hybridized carbons (Fsp3) is 0.867. The first kappa shape index (κ1) is 17.8. The van der Waals surface area contributed by atoms with Crippen molar-refractivity contribution in [2.24, 2.45) is 0 Å². The van der Waals surface area contributed by atoms with E-state index in [4.69, 9.17) is 9.47 Å². The molecule has 1 aliphatic rings. The number of hydrogen-bond acceptors (Lipinski definition) is 5. The molecule has 2 amide bonds. The summed E-state index contributed by atoms with van der Waals surface area (Å²) in [6, 6.07) is -0.184. The summed E-state index contributed by atoms with van der Waals surface area (Å²) >= 11 is 0. The van der Waals surface area contributed by atoms with E-state index in [9.17, 15) is 9.59 Å². The summed E-state index contributed by atoms with van der Waals surface area (Å²) in [5.74, 6) is 0. The molecule has 0 aromatic rings. The maximum atomic E-state index is 12.4. The van der Waals surface area contributed by atoms with Crippen molar-refractivity contribution in [3.8, 4) is 0 Å². The van der Waals surface area contributed by atoms with Crippen LogP contribution in [-0.4, -0.2) is 47.4 Å². The van der Waals surface area contributed by atoms with Gasteiger partial charge in [-0.25, -0.2) is 14.5 Å². The highest BCUT2D eigenvalue weighted by molar-refractivity contribution is 5.88. The first-order chi connectivity index (χ1) is 9.49. The molecule has 21 heavy (non-hydrogen) atoms. The van der Waals surface area contributed by atoms with Crippen molar-refractivity contribution in [2.45, 2.75) is 71.6 Å². The monoisotopic (exact) mass is 300 g/mol.